The van der Waals surface area contributed by atoms with E-state index in [1.165, 1.54) is 12.1 Å². The van der Waals surface area contributed by atoms with Gasteiger partial charge in [-0.05, 0) is 30.5 Å². The number of rotatable bonds is 7. The summed E-state index contributed by atoms with van der Waals surface area (Å²) in [4.78, 5) is 22.9. The van der Waals surface area contributed by atoms with Crippen molar-refractivity contribution in [3.8, 4) is 11.5 Å². The van der Waals surface area contributed by atoms with Gasteiger partial charge in [0.25, 0.3) is 16.8 Å². The van der Waals surface area contributed by atoms with E-state index in [-0.39, 0.29) is 34.0 Å². The van der Waals surface area contributed by atoms with Crippen LogP contribution in [0.3, 0.4) is 0 Å². The number of aryl methyl sites for hydroxylation is 2. The SMILES string of the molecule is CCc1cccc(C)c1NC(=O)CSc1nnc(-c2ccccc2[N+](=O)[O-])o1. The molecule has 3 rings (SSSR count). The van der Waals surface area contributed by atoms with Gasteiger partial charge in [-0.3, -0.25) is 14.9 Å². The van der Waals surface area contributed by atoms with Gasteiger partial charge in [-0.1, -0.05) is 49.0 Å². The van der Waals surface area contributed by atoms with Crippen molar-refractivity contribution in [3.05, 3.63) is 63.7 Å². The lowest BCUT2D eigenvalue weighted by Crippen LogP contribution is -2.16. The van der Waals surface area contributed by atoms with Crippen molar-refractivity contribution in [1.29, 1.82) is 0 Å². The van der Waals surface area contributed by atoms with Crippen LogP contribution < -0.4 is 5.32 Å². The number of thioether (sulfide) groups is 1. The Bertz CT molecular complexity index is 1020. The third-order valence-electron chi connectivity index (χ3n) is 4.07. The van der Waals surface area contributed by atoms with E-state index >= 15 is 0 Å². The molecule has 0 fully saturated rings. The molecule has 0 atom stereocenters. The number of carbonyl (C=O) groups is 1. The van der Waals surface area contributed by atoms with E-state index in [1.807, 2.05) is 32.0 Å². The monoisotopic (exact) mass is 398 g/mol. The second-order valence-electron chi connectivity index (χ2n) is 5.95. The first-order valence-electron chi connectivity index (χ1n) is 8.58. The minimum atomic E-state index is -0.507. The second kappa shape index (κ2) is 8.66. The summed E-state index contributed by atoms with van der Waals surface area (Å²) >= 11 is 1.07. The molecule has 0 aliphatic heterocycles. The summed E-state index contributed by atoms with van der Waals surface area (Å²) in [7, 11) is 0. The summed E-state index contributed by atoms with van der Waals surface area (Å²) in [5, 5.41) is 21.9. The average molecular weight is 398 g/mol. The summed E-state index contributed by atoms with van der Waals surface area (Å²) < 4.78 is 5.49. The summed E-state index contributed by atoms with van der Waals surface area (Å²) in [6.45, 7) is 3.97. The maximum Gasteiger partial charge on any atom is 0.282 e. The van der Waals surface area contributed by atoms with Gasteiger partial charge in [0.2, 0.25) is 5.91 Å². The van der Waals surface area contributed by atoms with Gasteiger partial charge in [-0.25, -0.2) is 0 Å². The molecule has 3 aromatic rings. The van der Waals surface area contributed by atoms with Gasteiger partial charge >= 0.3 is 0 Å². The summed E-state index contributed by atoms with van der Waals surface area (Å²) in [5.41, 5.74) is 3.00. The van der Waals surface area contributed by atoms with Crippen molar-refractivity contribution >= 4 is 29.0 Å². The van der Waals surface area contributed by atoms with Crippen molar-refractivity contribution in [2.45, 2.75) is 25.5 Å². The fourth-order valence-electron chi connectivity index (χ4n) is 2.70. The Kier molecular flexibility index (Phi) is 6.05. The zero-order valence-corrected chi connectivity index (χ0v) is 16.2. The number of amides is 1. The number of nitro groups is 1. The van der Waals surface area contributed by atoms with Crippen LogP contribution >= 0.6 is 11.8 Å². The molecule has 1 aromatic heterocycles. The van der Waals surface area contributed by atoms with Crippen LogP contribution in [0.2, 0.25) is 0 Å². The Hall–Kier alpha value is -3.20. The van der Waals surface area contributed by atoms with E-state index in [0.29, 0.717) is 0 Å². The first-order valence-corrected chi connectivity index (χ1v) is 9.56. The minimum absolute atomic E-state index is 0.0439. The molecule has 8 nitrogen and oxygen atoms in total. The van der Waals surface area contributed by atoms with Gasteiger partial charge in [0.1, 0.15) is 5.56 Å². The number of carbonyl (C=O) groups excluding carboxylic acids is 1. The van der Waals surface area contributed by atoms with Crippen LogP contribution in [0.4, 0.5) is 11.4 Å². The zero-order valence-electron chi connectivity index (χ0n) is 15.3. The number of hydrogen-bond donors (Lipinski definition) is 1. The second-order valence-corrected chi connectivity index (χ2v) is 6.87. The molecule has 0 aliphatic rings. The predicted molar refractivity (Wildman–Crippen MR) is 106 cm³/mol. The smallest absolute Gasteiger partial charge is 0.282 e. The Labute approximate surface area is 165 Å². The summed E-state index contributed by atoms with van der Waals surface area (Å²) in [5.74, 6) is -0.0717. The number of para-hydroxylation sites is 2. The Balaban J connectivity index is 1.67. The first kappa shape index (κ1) is 19.6. The highest BCUT2D eigenvalue weighted by molar-refractivity contribution is 7.99. The lowest BCUT2D eigenvalue weighted by atomic mass is 10.1. The standard InChI is InChI=1S/C19H18N4O4S/c1-3-13-8-6-7-12(2)17(13)20-16(24)11-28-19-22-21-18(27-19)14-9-4-5-10-15(14)23(25)26/h4-10H,3,11H2,1-2H3,(H,20,24). The lowest BCUT2D eigenvalue weighted by Gasteiger charge is -2.12. The van der Waals surface area contributed by atoms with E-state index in [9.17, 15) is 14.9 Å². The number of hydrogen-bond acceptors (Lipinski definition) is 7. The number of nitrogens with zero attached hydrogens (tertiary/aromatic N) is 3. The fraction of sp³-hybridized carbons (Fsp3) is 0.211. The maximum absolute atomic E-state index is 12.3. The first-order chi connectivity index (χ1) is 13.5. The molecule has 1 N–H and O–H groups in total. The highest BCUT2D eigenvalue weighted by Crippen LogP contribution is 2.30. The number of benzene rings is 2. The molecule has 144 valence electrons. The quantitative estimate of drug-likeness (QED) is 0.360. The molecule has 0 saturated heterocycles. The van der Waals surface area contributed by atoms with E-state index in [4.69, 9.17) is 4.42 Å². The third-order valence-corrected chi connectivity index (χ3v) is 4.89. The fourth-order valence-corrected chi connectivity index (χ4v) is 3.26. The average Bonchev–Trinajstić information content (AvgIpc) is 3.17. The molecular formula is C19H18N4O4S. The van der Waals surface area contributed by atoms with Crippen LogP contribution in [0, 0.1) is 17.0 Å². The number of anilines is 1. The predicted octanol–water partition coefficient (Wildman–Crippen LogP) is 4.25. The van der Waals surface area contributed by atoms with Crippen LogP contribution in [0.5, 0.6) is 0 Å². The highest BCUT2D eigenvalue weighted by Gasteiger charge is 2.20. The van der Waals surface area contributed by atoms with Gasteiger partial charge in [0.05, 0.1) is 10.7 Å². The largest absolute Gasteiger partial charge is 0.411 e. The van der Waals surface area contributed by atoms with Crippen LogP contribution in [0.25, 0.3) is 11.5 Å². The van der Waals surface area contributed by atoms with Crippen molar-refractivity contribution < 1.29 is 14.1 Å². The van der Waals surface area contributed by atoms with Crippen molar-refractivity contribution in [2.75, 3.05) is 11.1 Å². The lowest BCUT2D eigenvalue weighted by molar-refractivity contribution is -0.384. The number of nitro benzene ring substituents is 1. The number of nitrogens with one attached hydrogen (secondary N) is 1. The van der Waals surface area contributed by atoms with E-state index in [0.717, 1.165) is 35.0 Å². The molecule has 0 unspecified atom stereocenters. The Morgan fingerprint density at radius 1 is 1.21 bits per heavy atom. The Morgan fingerprint density at radius 3 is 2.75 bits per heavy atom. The maximum atomic E-state index is 12.3. The normalized spacial score (nSPS) is 10.6. The molecule has 0 radical (unpaired) electrons. The topological polar surface area (TPSA) is 111 Å². The Morgan fingerprint density at radius 2 is 2.00 bits per heavy atom. The molecule has 0 aliphatic carbocycles. The summed E-state index contributed by atoms with van der Waals surface area (Å²) in [6.07, 6.45) is 0.813. The molecule has 28 heavy (non-hydrogen) atoms. The van der Waals surface area contributed by atoms with Crippen LogP contribution in [-0.4, -0.2) is 26.8 Å². The van der Waals surface area contributed by atoms with Crippen LogP contribution in [0.15, 0.2) is 52.1 Å². The van der Waals surface area contributed by atoms with Crippen molar-refractivity contribution in [3.63, 3.8) is 0 Å². The minimum Gasteiger partial charge on any atom is -0.411 e. The van der Waals surface area contributed by atoms with Gasteiger partial charge in [-0.2, -0.15) is 0 Å². The number of aromatic nitrogens is 2. The summed E-state index contributed by atoms with van der Waals surface area (Å²) in [6, 6.07) is 12.0. The van der Waals surface area contributed by atoms with Crippen LogP contribution in [0.1, 0.15) is 18.1 Å². The van der Waals surface area contributed by atoms with Crippen LogP contribution in [-0.2, 0) is 11.2 Å². The van der Waals surface area contributed by atoms with E-state index in [2.05, 4.69) is 15.5 Å². The highest BCUT2D eigenvalue weighted by atomic mass is 32.2. The molecule has 1 heterocycles. The van der Waals surface area contributed by atoms with Gasteiger partial charge in [0.15, 0.2) is 0 Å². The van der Waals surface area contributed by atoms with E-state index < -0.39 is 4.92 Å². The molecule has 1 amide bonds. The van der Waals surface area contributed by atoms with Crippen molar-refractivity contribution in [2.24, 2.45) is 0 Å². The molecule has 2 aromatic carbocycles. The van der Waals surface area contributed by atoms with Gasteiger partial charge < -0.3 is 9.73 Å². The molecule has 0 saturated carbocycles. The molecular weight excluding hydrogens is 380 g/mol. The van der Waals surface area contributed by atoms with E-state index in [1.54, 1.807) is 12.1 Å². The third kappa shape index (κ3) is 4.37. The van der Waals surface area contributed by atoms with Gasteiger partial charge in [0, 0.05) is 11.8 Å². The van der Waals surface area contributed by atoms with Gasteiger partial charge in [-0.15, -0.1) is 10.2 Å². The van der Waals surface area contributed by atoms with Crippen molar-refractivity contribution in [1.82, 2.24) is 10.2 Å². The molecule has 9 heteroatoms. The zero-order chi connectivity index (χ0) is 20.1. The molecule has 0 spiro atoms. The molecule has 0 bridgehead atoms.